The molecule has 0 heterocycles. The average molecular weight is 500 g/mol. The van der Waals surface area contributed by atoms with Crippen molar-refractivity contribution in [3.8, 4) is 23.0 Å². The Labute approximate surface area is 174 Å². The Balaban J connectivity index is 1.90. The van der Waals surface area contributed by atoms with Crippen LogP contribution in [0.5, 0.6) is 23.0 Å². The van der Waals surface area contributed by atoms with Crippen LogP contribution >= 0.6 is 31.9 Å². The van der Waals surface area contributed by atoms with E-state index >= 15 is 0 Å². The molecule has 0 aliphatic rings. The van der Waals surface area contributed by atoms with Gasteiger partial charge in [0.1, 0.15) is 0 Å². The highest BCUT2D eigenvalue weighted by atomic mass is 79.9. The summed E-state index contributed by atoms with van der Waals surface area (Å²) in [5.74, 6) is 0.891. The summed E-state index contributed by atoms with van der Waals surface area (Å²) in [6, 6.07) is 6.91. The van der Waals surface area contributed by atoms with Crippen molar-refractivity contribution in [2.45, 2.75) is 6.42 Å². The summed E-state index contributed by atoms with van der Waals surface area (Å²) in [6.45, 7) is 1.11. The molecule has 0 aromatic heterocycles. The minimum atomic E-state index is 0.0570. The maximum atomic E-state index is 10.1. The van der Waals surface area contributed by atoms with Crippen molar-refractivity contribution in [1.29, 1.82) is 0 Å². The fraction of sp³-hybridized carbons (Fsp3) is 0.263. The average Bonchev–Trinajstić information content (AvgIpc) is 2.65. The number of nitrogens with zero attached hydrogens (tertiary/aromatic N) is 2. The summed E-state index contributed by atoms with van der Waals surface area (Å²) >= 11 is 6.74. The van der Waals surface area contributed by atoms with E-state index in [0.717, 1.165) is 15.4 Å². The molecule has 6 nitrogen and oxygen atoms in total. The maximum Gasteiger partial charge on any atom is 0.166 e. The van der Waals surface area contributed by atoms with Gasteiger partial charge in [-0.1, -0.05) is 31.9 Å². The highest BCUT2D eigenvalue weighted by Gasteiger charge is 2.08. The fourth-order valence-corrected chi connectivity index (χ4v) is 3.19. The summed E-state index contributed by atoms with van der Waals surface area (Å²) in [4.78, 5) is 8.62. The van der Waals surface area contributed by atoms with Crippen molar-refractivity contribution in [2.75, 3.05) is 27.3 Å². The first kappa shape index (κ1) is 21.2. The van der Waals surface area contributed by atoms with Gasteiger partial charge in [-0.2, -0.15) is 0 Å². The van der Waals surface area contributed by atoms with Crippen molar-refractivity contribution in [1.82, 2.24) is 0 Å². The van der Waals surface area contributed by atoms with Crippen molar-refractivity contribution < 1.29 is 19.7 Å². The lowest BCUT2D eigenvalue weighted by Crippen LogP contribution is -1.93. The molecule has 0 aliphatic carbocycles. The van der Waals surface area contributed by atoms with Gasteiger partial charge >= 0.3 is 0 Å². The normalized spacial score (nSPS) is 11.4. The quantitative estimate of drug-likeness (QED) is 0.411. The maximum absolute atomic E-state index is 10.1. The van der Waals surface area contributed by atoms with Crippen molar-refractivity contribution >= 4 is 44.3 Å². The molecule has 0 fully saturated rings. The van der Waals surface area contributed by atoms with Crippen molar-refractivity contribution in [2.24, 2.45) is 9.98 Å². The Morgan fingerprint density at radius 1 is 0.815 bits per heavy atom. The molecule has 0 saturated carbocycles. The van der Waals surface area contributed by atoms with Gasteiger partial charge < -0.3 is 19.7 Å². The number of methoxy groups -OCH3 is 2. The first-order valence-corrected chi connectivity index (χ1v) is 9.67. The molecule has 144 valence electrons. The molecule has 2 aromatic rings. The number of ether oxygens (including phenoxy) is 2. The lowest BCUT2D eigenvalue weighted by Gasteiger charge is -2.07. The SMILES string of the molecule is COc1cc(Br)cc(C=NCCCN=Cc2cc(Br)cc(OC)c2O)c1O. The molecular weight excluding hydrogens is 480 g/mol. The summed E-state index contributed by atoms with van der Waals surface area (Å²) in [5.41, 5.74) is 1.16. The molecule has 0 atom stereocenters. The Bertz CT molecular complexity index is 785. The molecule has 2 rings (SSSR count). The van der Waals surface area contributed by atoms with Crippen LogP contribution in [-0.2, 0) is 0 Å². The van der Waals surface area contributed by atoms with Crippen molar-refractivity contribution in [3.63, 3.8) is 0 Å². The van der Waals surface area contributed by atoms with Gasteiger partial charge in [0.2, 0.25) is 0 Å². The standard InChI is InChI=1S/C19H20Br2N2O4/c1-26-16-8-14(20)6-12(18(16)24)10-22-4-3-5-23-11-13-7-15(21)9-17(27-2)19(13)25/h6-11,24-25H,3-5H2,1-2H3. The van der Waals surface area contributed by atoms with Gasteiger partial charge in [-0.25, -0.2) is 0 Å². The van der Waals surface area contributed by atoms with E-state index in [0.29, 0.717) is 35.7 Å². The lowest BCUT2D eigenvalue weighted by molar-refractivity contribution is 0.373. The minimum Gasteiger partial charge on any atom is -0.504 e. The summed E-state index contributed by atoms with van der Waals surface area (Å²) in [5, 5.41) is 20.1. The van der Waals surface area contributed by atoms with Crippen LogP contribution in [0.4, 0.5) is 0 Å². The number of phenols is 2. The molecule has 0 spiro atoms. The molecule has 0 aliphatic heterocycles. The van der Waals surface area contributed by atoms with E-state index in [2.05, 4.69) is 41.8 Å². The predicted octanol–water partition coefficient (Wildman–Crippen LogP) is 4.57. The van der Waals surface area contributed by atoms with Gasteiger partial charge in [0.15, 0.2) is 23.0 Å². The Morgan fingerprint density at radius 2 is 1.22 bits per heavy atom. The summed E-state index contributed by atoms with van der Waals surface area (Å²) in [6.07, 6.45) is 3.94. The Morgan fingerprint density at radius 3 is 1.59 bits per heavy atom. The third kappa shape index (κ3) is 5.97. The summed E-state index contributed by atoms with van der Waals surface area (Å²) in [7, 11) is 3.00. The zero-order valence-corrected chi connectivity index (χ0v) is 18.1. The third-order valence-corrected chi connectivity index (χ3v) is 4.53. The molecule has 0 amide bonds. The number of halogens is 2. The Kier molecular flexibility index (Phi) is 8.12. The molecule has 2 aromatic carbocycles. The van der Waals surface area contributed by atoms with Gasteiger partial charge in [0.25, 0.3) is 0 Å². The zero-order chi connectivity index (χ0) is 19.8. The van der Waals surface area contributed by atoms with Crippen LogP contribution in [0.15, 0.2) is 43.2 Å². The van der Waals surface area contributed by atoms with E-state index in [-0.39, 0.29) is 11.5 Å². The van der Waals surface area contributed by atoms with Gasteiger partial charge in [-0.15, -0.1) is 0 Å². The molecule has 27 heavy (non-hydrogen) atoms. The number of hydrogen-bond acceptors (Lipinski definition) is 6. The van der Waals surface area contributed by atoms with Crippen LogP contribution in [-0.4, -0.2) is 50.0 Å². The third-order valence-electron chi connectivity index (χ3n) is 3.61. The number of rotatable bonds is 8. The zero-order valence-electron chi connectivity index (χ0n) is 14.9. The number of phenolic OH excluding ortho intramolecular Hbond substituents is 2. The second kappa shape index (κ2) is 10.3. The fourth-order valence-electron chi connectivity index (χ4n) is 2.28. The van der Waals surface area contributed by atoms with E-state index in [1.54, 1.807) is 36.7 Å². The van der Waals surface area contributed by atoms with Crippen molar-refractivity contribution in [3.05, 3.63) is 44.3 Å². The van der Waals surface area contributed by atoms with Crippen LogP contribution < -0.4 is 9.47 Å². The minimum absolute atomic E-state index is 0.0570. The molecule has 2 N–H and O–H groups in total. The van der Waals surface area contributed by atoms with E-state index in [4.69, 9.17) is 9.47 Å². The van der Waals surface area contributed by atoms with Crippen LogP contribution in [0.25, 0.3) is 0 Å². The largest absolute Gasteiger partial charge is 0.504 e. The molecule has 0 unspecified atom stereocenters. The van der Waals surface area contributed by atoms with Gasteiger partial charge in [0, 0.05) is 45.6 Å². The summed E-state index contributed by atoms with van der Waals surface area (Å²) < 4.78 is 11.8. The second-order valence-corrected chi connectivity index (χ2v) is 7.35. The number of aromatic hydroxyl groups is 2. The molecular formula is C19H20Br2N2O4. The van der Waals surface area contributed by atoms with Crippen LogP contribution in [0, 0.1) is 0 Å². The molecule has 0 radical (unpaired) electrons. The van der Waals surface area contributed by atoms with E-state index < -0.39 is 0 Å². The van der Waals surface area contributed by atoms with Crippen LogP contribution in [0.3, 0.4) is 0 Å². The first-order chi connectivity index (χ1) is 13.0. The van der Waals surface area contributed by atoms with E-state index in [9.17, 15) is 10.2 Å². The molecule has 0 saturated heterocycles. The number of benzene rings is 2. The second-order valence-electron chi connectivity index (χ2n) is 5.52. The lowest BCUT2D eigenvalue weighted by atomic mass is 10.2. The van der Waals surface area contributed by atoms with Crippen LogP contribution in [0.1, 0.15) is 17.5 Å². The van der Waals surface area contributed by atoms with E-state index in [1.165, 1.54) is 14.2 Å². The van der Waals surface area contributed by atoms with E-state index in [1.807, 2.05) is 0 Å². The van der Waals surface area contributed by atoms with Gasteiger partial charge in [0.05, 0.1) is 14.2 Å². The Hall–Kier alpha value is -2.06. The predicted molar refractivity (Wildman–Crippen MR) is 114 cm³/mol. The smallest absolute Gasteiger partial charge is 0.166 e. The van der Waals surface area contributed by atoms with Gasteiger partial charge in [-0.05, 0) is 30.7 Å². The van der Waals surface area contributed by atoms with Crippen LogP contribution in [0.2, 0.25) is 0 Å². The monoisotopic (exact) mass is 498 g/mol. The highest BCUT2D eigenvalue weighted by Crippen LogP contribution is 2.33. The molecule has 0 bridgehead atoms. The highest BCUT2D eigenvalue weighted by molar-refractivity contribution is 9.10. The topological polar surface area (TPSA) is 83.6 Å². The number of aliphatic imine (C=N–C) groups is 2. The first-order valence-electron chi connectivity index (χ1n) is 8.09. The number of hydrogen-bond donors (Lipinski definition) is 2. The molecule has 8 heteroatoms. The van der Waals surface area contributed by atoms with Gasteiger partial charge in [-0.3, -0.25) is 9.98 Å².